The van der Waals surface area contributed by atoms with E-state index in [0.29, 0.717) is 12.1 Å². The number of hydrogen-bond acceptors (Lipinski definition) is 3. The Morgan fingerprint density at radius 2 is 2.20 bits per heavy atom. The van der Waals surface area contributed by atoms with Crippen LogP contribution in [0.2, 0.25) is 0 Å². The number of carboxylic acids is 1. The van der Waals surface area contributed by atoms with Gasteiger partial charge in [-0.15, -0.1) is 0 Å². The smallest absolute Gasteiger partial charge is 0.354 e. The summed E-state index contributed by atoms with van der Waals surface area (Å²) < 4.78 is 0. The zero-order valence-electron chi connectivity index (χ0n) is 8.36. The van der Waals surface area contributed by atoms with E-state index in [0.717, 1.165) is 0 Å². The monoisotopic (exact) mass is 208 g/mol. The van der Waals surface area contributed by atoms with E-state index in [2.05, 4.69) is 10.3 Å². The highest BCUT2D eigenvalue weighted by atomic mass is 16.4. The summed E-state index contributed by atoms with van der Waals surface area (Å²) in [6.07, 6.45) is 0.401. The fourth-order valence-electron chi connectivity index (χ4n) is 1.01. The summed E-state index contributed by atoms with van der Waals surface area (Å²) in [5, 5.41) is 11.3. The minimum Gasteiger partial charge on any atom is -0.477 e. The van der Waals surface area contributed by atoms with Gasteiger partial charge < -0.3 is 10.4 Å². The summed E-state index contributed by atoms with van der Waals surface area (Å²) in [6, 6.07) is 4.68. The van der Waals surface area contributed by atoms with Gasteiger partial charge in [0.1, 0.15) is 5.69 Å². The molecule has 0 saturated heterocycles. The lowest BCUT2D eigenvalue weighted by atomic mass is 10.3. The molecule has 1 amide bonds. The summed E-state index contributed by atoms with van der Waals surface area (Å²) in [4.78, 5) is 25.4. The first-order chi connectivity index (χ1) is 7.13. The lowest BCUT2D eigenvalue weighted by Crippen LogP contribution is -2.22. The van der Waals surface area contributed by atoms with E-state index in [4.69, 9.17) is 5.11 Å². The molecule has 15 heavy (non-hydrogen) atoms. The number of carboxylic acid groups (broad SMARTS) is 1. The molecule has 1 aromatic rings. The van der Waals surface area contributed by atoms with Crippen LogP contribution in [0.15, 0.2) is 18.2 Å². The second kappa shape index (κ2) is 5.09. The molecule has 1 rings (SSSR count). The van der Waals surface area contributed by atoms with Crippen molar-refractivity contribution in [1.29, 1.82) is 0 Å². The number of rotatable bonds is 4. The Labute approximate surface area is 87.1 Å². The predicted molar refractivity (Wildman–Crippen MR) is 53.3 cm³/mol. The summed E-state index contributed by atoms with van der Waals surface area (Å²) in [6.45, 7) is 2.00. The zero-order chi connectivity index (χ0) is 11.3. The van der Waals surface area contributed by atoms with E-state index >= 15 is 0 Å². The number of aromatic carboxylic acids is 1. The van der Waals surface area contributed by atoms with Crippen molar-refractivity contribution >= 4 is 11.9 Å². The number of nitrogens with zero attached hydrogens (tertiary/aromatic N) is 1. The van der Waals surface area contributed by atoms with Crippen molar-refractivity contribution in [3.63, 3.8) is 0 Å². The third-order valence-electron chi connectivity index (χ3n) is 1.81. The molecule has 0 aromatic carbocycles. The van der Waals surface area contributed by atoms with Gasteiger partial charge in [0.25, 0.3) is 0 Å². The van der Waals surface area contributed by atoms with Crippen LogP contribution in [0.1, 0.15) is 29.5 Å². The molecule has 0 atom stereocenters. The fraction of sp³-hybridized carbons (Fsp3) is 0.300. The van der Waals surface area contributed by atoms with Gasteiger partial charge in [-0.2, -0.15) is 0 Å². The van der Waals surface area contributed by atoms with Crippen LogP contribution in [-0.4, -0.2) is 22.0 Å². The van der Waals surface area contributed by atoms with Gasteiger partial charge in [0.2, 0.25) is 5.91 Å². The highest BCUT2D eigenvalue weighted by molar-refractivity contribution is 5.85. The average molecular weight is 208 g/mol. The van der Waals surface area contributed by atoms with Crippen LogP contribution < -0.4 is 5.32 Å². The molecule has 0 saturated carbocycles. The van der Waals surface area contributed by atoms with Crippen LogP contribution in [0, 0.1) is 0 Å². The van der Waals surface area contributed by atoms with Crippen molar-refractivity contribution in [3.8, 4) is 0 Å². The van der Waals surface area contributed by atoms with Gasteiger partial charge in [0.05, 0.1) is 12.2 Å². The van der Waals surface area contributed by atoms with Crippen LogP contribution in [0.3, 0.4) is 0 Å². The van der Waals surface area contributed by atoms with Gasteiger partial charge in [-0.05, 0) is 12.1 Å². The molecule has 0 unspecified atom stereocenters. The van der Waals surface area contributed by atoms with E-state index < -0.39 is 5.97 Å². The Balaban J connectivity index is 2.66. The number of carbonyl (C=O) groups excluding carboxylic acids is 1. The van der Waals surface area contributed by atoms with E-state index in [1.54, 1.807) is 19.1 Å². The minimum atomic E-state index is -1.07. The molecule has 0 aliphatic carbocycles. The van der Waals surface area contributed by atoms with Gasteiger partial charge in [-0.25, -0.2) is 9.78 Å². The molecule has 2 N–H and O–H groups in total. The van der Waals surface area contributed by atoms with E-state index in [9.17, 15) is 9.59 Å². The summed E-state index contributed by atoms with van der Waals surface area (Å²) in [7, 11) is 0. The third kappa shape index (κ3) is 3.38. The number of hydrogen-bond donors (Lipinski definition) is 2. The van der Waals surface area contributed by atoms with Crippen molar-refractivity contribution in [2.75, 3.05) is 0 Å². The highest BCUT2D eigenvalue weighted by Crippen LogP contribution is 1.99. The summed E-state index contributed by atoms with van der Waals surface area (Å²) in [5.74, 6) is -1.16. The lowest BCUT2D eigenvalue weighted by molar-refractivity contribution is -0.120. The molecular formula is C10H12N2O3. The molecule has 1 aromatic heterocycles. The maximum Gasteiger partial charge on any atom is 0.354 e. The predicted octanol–water partition coefficient (Wildman–Crippen LogP) is 0.806. The molecule has 0 spiro atoms. The van der Waals surface area contributed by atoms with E-state index in [1.165, 1.54) is 6.07 Å². The number of carbonyl (C=O) groups is 2. The van der Waals surface area contributed by atoms with Crippen LogP contribution in [0.5, 0.6) is 0 Å². The summed E-state index contributed by atoms with van der Waals surface area (Å²) >= 11 is 0. The molecular weight excluding hydrogens is 196 g/mol. The van der Waals surface area contributed by atoms with Crippen molar-refractivity contribution in [3.05, 3.63) is 29.6 Å². The number of pyridine rings is 1. The Bertz CT molecular complexity index is 377. The van der Waals surface area contributed by atoms with Crippen LogP contribution in [0.4, 0.5) is 0 Å². The third-order valence-corrected chi connectivity index (χ3v) is 1.81. The molecule has 0 radical (unpaired) electrons. The normalized spacial score (nSPS) is 9.67. The maximum atomic E-state index is 10.9. The Morgan fingerprint density at radius 3 is 2.80 bits per heavy atom. The SMILES string of the molecule is CCC(=O)NCc1cccc(C(=O)O)n1. The van der Waals surface area contributed by atoms with Crippen molar-refractivity contribution < 1.29 is 14.7 Å². The van der Waals surface area contributed by atoms with Gasteiger partial charge >= 0.3 is 5.97 Å². The topological polar surface area (TPSA) is 79.3 Å². The molecule has 0 fully saturated rings. The number of nitrogens with one attached hydrogen (secondary N) is 1. The molecule has 0 aliphatic heterocycles. The molecule has 5 heteroatoms. The Kier molecular flexibility index (Phi) is 3.79. The van der Waals surface area contributed by atoms with E-state index in [1.807, 2.05) is 0 Å². The Morgan fingerprint density at radius 1 is 1.47 bits per heavy atom. The molecule has 1 heterocycles. The van der Waals surface area contributed by atoms with E-state index in [-0.39, 0.29) is 18.1 Å². The first-order valence-electron chi connectivity index (χ1n) is 4.59. The number of amides is 1. The molecule has 80 valence electrons. The quantitative estimate of drug-likeness (QED) is 0.767. The molecule has 0 aliphatic rings. The largest absolute Gasteiger partial charge is 0.477 e. The fourth-order valence-corrected chi connectivity index (χ4v) is 1.01. The van der Waals surface area contributed by atoms with Crippen LogP contribution >= 0.6 is 0 Å². The minimum absolute atomic E-state index is 0.0155. The van der Waals surface area contributed by atoms with Crippen molar-refractivity contribution in [2.24, 2.45) is 0 Å². The van der Waals surface area contributed by atoms with Crippen molar-refractivity contribution in [1.82, 2.24) is 10.3 Å². The maximum absolute atomic E-state index is 10.9. The zero-order valence-corrected chi connectivity index (χ0v) is 8.36. The first-order valence-corrected chi connectivity index (χ1v) is 4.59. The first kappa shape index (κ1) is 11.2. The van der Waals surface area contributed by atoms with Crippen LogP contribution in [-0.2, 0) is 11.3 Å². The second-order valence-corrected chi connectivity index (χ2v) is 2.95. The standard InChI is InChI=1S/C10H12N2O3/c1-2-9(13)11-6-7-4-3-5-8(12-7)10(14)15/h3-5H,2,6H2,1H3,(H,11,13)(H,14,15). The van der Waals surface area contributed by atoms with Gasteiger partial charge in [-0.1, -0.05) is 13.0 Å². The van der Waals surface area contributed by atoms with Crippen molar-refractivity contribution in [2.45, 2.75) is 19.9 Å². The van der Waals surface area contributed by atoms with Gasteiger partial charge in [0, 0.05) is 6.42 Å². The molecule has 5 nitrogen and oxygen atoms in total. The summed E-state index contributed by atoms with van der Waals surface area (Å²) in [5.41, 5.74) is 0.523. The average Bonchev–Trinajstić information content (AvgIpc) is 2.26. The second-order valence-electron chi connectivity index (χ2n) is 2.95. The number of aromatic nitrogens is 1. The van der Waals surface area contributed by atoms with Gasteiger partial charge in [-0.3, -0.25) is 4.79 Å². The Hall–Kier alpha value is -1.91. The molecule has 0 bridgehead atoms. The van der Waals surface area contributed by atoms with Gasteiger partial charge in [0.15, 0.2) is 0 Å². The lowest BCUT2D eigenvalue weighted by Gasteiger charge is -2.03. The van der Waals surface area contributed by atoms with Crippen LogP contribution in [0.25, 0.3) is 0 Å². The highest BCUT2D eigenvalue weighted by Gasteiger charge is 2.05.